The summed E-state index contributed by atoms with van der Waals surface area (Å²) >= 11 is 5.67. The van der Waals surface area contributed by atoms with Crippen molar-refractivity contribution in [1.82, 2.24) is 68.3 Å². The Kier molecular flexibility index (Phi) is 40.7. The van der Waals surface area contributed by atoms with Gasteiger partial charge in [-0.2, -0.15) is 35.3 Å². The molecule has 35 heteroatoms. The summed E-state index contributed by atoms with van der Waals surface area (Å²) in [6.07, 6.45) is 14.6. The predicted molar refractivity (Wildman–Crippen MR) is 392 cm³/mol. The summed E-state index contributed by atoms with van der Waals surface area (Å²) in [6.45, 7) is 10.8. The van der Waals surface area contributed by atoms with Crippen molar-refractivity contribution in [2.75, 3.05) is 82.7 Å². The molecule has 0 saturated carbocycles. The van der Waals surface area contributed by atoms with Crippen molar-refractivity contribution < 1.29 is 86.8 Å². The molecule has 6 saturated heterocycles. The van der Waals surface area contributed by atoms with Gasteiger partial charge < -0.3 is 93.7 Å². The molecule has 0 spiro atoms. The van der Waals surface area contributed by atoms with Gasteiger partial charge in [0.1, 0.15) is 24.3 Å². The lowest BCUT2D eigenvalue weighted by atomic mass is 10.0. The maximum absolute atomic E-state index is 13.2. The number of urea groups is 3. The maximum Gasteiger partial charge on any atom is 0.407 e. The number of carboxylic acids is 2. The third kappa shape index (κ3) is 38.0. The minimum Gasteiger partial charge on any atom is -0.480 e. The van der Waals surface area contributed by atoms with E-state index in [1.807, 2.05) is 35.3 Å². The van der Waals surface area contributed by atoms with Crippen molar-refractivity contribution in [1.29, 1.82) is 0 Å². The zero-order chi connectivity index (χ0) is 75.9. The first-order chi connectivity index (χ1) is 48.9. The molecule has 103 heavy (non-hydrogen) atoms. The summed E-state index contributed by atoms with van der Waals surface area (Å²) in [5.41, 5.74) is 4.03. The van der Waals surface area contributed by atoms with E-state index in [1.165, 1.54) is 4.90 Å². The van der Waals surface area contributed by atoms with Gasteiger partial charge in [-0.15, -0.1) is 0 Å². The molecule has 6 heterocycles. The molecule has 0 aliphatic carbocycles. The molecular formula is C68H116N14O18S3. The van der Waals surface area contributed by atoms with Gasteiger partial charge in [0.25, 0.3) is 0 Å². The molecule has 15 N–H and O–H groups in total. The number of carbonyl (C=O) groups is 14. The van der Waals surface area contributed by atoms with Crippen LogP contribution in [-0.2, 0) is 52.6 Å². The van der Waals surface area contributed by atoms with Crippen molar-refractivity contribution in [3.8, 4) is 0 Å². The first kappa shape index (κ1) is 88.4. The van der Waals surface area contributed by atoms with Gasteiger partial charge in [0.2, 0.25) is 29.5 Å². The van der Waals surface area contributed by atoms with Crippen molar-refractivity contribution in [3.05, 3.63) is 0 Å². The lowest BCUT2D eigenvalue weighted by Crippen LogP contribution is -2.41. The predicted octanol–water partition coefficient (Wildman–Crippen LogP) is 4.14. The molecule has 13 amide bonds. The smallest absolute Gasteiger partial charge is 0.407 e. The van der Waals surface area contributed by atoms with Crippen molar-refractivity contribution >= 4 is 119 Å². The van der Waals surface area contributed by atoms with Crippen LogP contribution in [0.25, 0.3) is 0 Å². The van der Waals surface area contributed by atoms with Crippen molar-refractivity contribution in [2.24, 2.45) is 5.73 Å². The molecule has 32 nitrogen and oxygen atoms in total. The highest BCUT2D eigenvalue weighted by Crippen LogP contribution is 2.35. The number of hydrogen-bond acceptors (Lipinski definition) is 20. The van der Waals surface area contributed by atoms with Gasteiger partial charge in [0.15, 0.2) is 11.6 Å². The highest BCUT2D eigenvalue weighted by molar-refractivity contribution is 8.00. The lowest BCUT2D eigenvalue weighted by Gasteiger charge is -2.22. The van der Waals surface area contributed by atoms with E-state index in [1.54, 1.807) is 41.5 Å². The largest absolute Gasteiger partial charge is 0.480 e. The molecule has 9 atom stereocenters. The second-order valence-corrected chi connectivity index (χ2v) is 32.3. The number of aliphatic carboxylic acids is 2. The number of carbonyl (C=O) groups excluding carboxylic acids is 12. The average Bonchev–Trinajstić information content (AvgIpc) is 1.68. The number of rotatable bonds is 45. The summed E-state index contributed by atoms with van der Waals surface area (Å²) in [5, 5.41) is 50.0. The minimum atomic E-state index is -1.32. The third-order valence-electron chi connectivity index (χ3n) is 17.2. The van der Waals surface area contributed by atoms with Crippen LogP contribution in [0.15, 0.2) is 0 Å². The molecule has 0 aromatic carbocycles. The first-order valence-electron chi connectivity index (χ1n) is 36.4. The summed E-state index contributed by atoms with van der Waals surface area (Å²) < 4.78 is 10.2. The number of carboxylic acid groups (broad SMARTS) is 2. The third-order valence-corrected chi connectivity index (χ3v) is 21.7. The van der Waals surface area contributed by atoms with Crippen LogP contribution in [0.1, 0.15) is 196 Å². The SMILES string of the molecule is CC(C)(C)OC(=O)NCCC(=O)N(CC(=O)CCCCCNC(=O)CCCCC1SCC2NC(=O)NC21)CC(=O)CCCCCNC(=O)CCCCC1SCC2NC(=O)NC21.CC(C)(C)OC(=O)NCCC(=O)N(CC(=O)O)CC(=O)O.NCCCCNC(=O)CCCCC1SCC2NC(=O)NC21. The number of ketones is 2. The van der Waals surface area contributed by atoms with E-state index in [2.05, 4.69) is 58.5 Å². The molecule has 6 aliphatic heterocycles. The van der Waals surface area contributed by atoms with Crippen LogP contribution in [0.2, 0.25) is 0 Å². The van der Waals surface area contributed by atoms with Crippen LogP contribution < -0.4 is 64.2 Å². The van der Waals surface area contributed by atoms with Crippen LogP contribution in [0.3, 0.4) is 0 Å². The summed E-state index contributed by atoms with van der Waals surface area (Å²) in [5.74, 6) is -1.06. The number of nitrogens with one attached hydrogen (secondary N) is 11. The number of nitrogens with two attached hydrogens (primary N) is 1. The summed E-state index contributed by atoms with van der Waals surface area (Å²) in [7, 11) is 0. The van der Waals surface area contributed by atoms with Crippen LogP contribution in [-0.4, -0.2) is 249 Å². The molecule has 9 unspecified atom stereocenters. The fourth-order valence-electron chi connectivity index (χ4n) is 12.2. The number of thioether (sulfide) groups is 3. The number of Topliss-reactive ketones (excluding diaryl/α,β-unsaturated/α-hetero) is 2. The number of unbranched alkanes of at least 4 members (excludes halogenated alkanes) is 8. The Morgan fingerprint density at radius 1 is 0.408 bits per heavy atom. The number of hydrogen-bond donors (Lipinski definition) is 14. The number of ether oxygens (including phenoxy) is 2. The van der Waals surface area contributed by atoms with E-state index in [9.17, 15) is 67.1 Å². The van der Waals surface area contributed by atoms with E-state index in [-0.39, 0.29) is 129 Å². The zero-order valence-corrected chi connectivity index (χ0v) is 63.4. The second kappa shape index (κ2) is 47.4. The summed E-state index contributed by atoms with van der Waals surface area (Å²) in [6, 6.07) is 1.09. The van der Waals surface area contributed by atoms with Crippen molar-refractivity contribution in [3.63, 3.8) is 0 Å². The fraction of sp³-hybridized carbons (Fsp3) is 0.794. The lowest BCUT2D eigenvalue weighted by molar-refractivity contribution is -0.149. The molecule has 584 valence electrons. The first-order valence-corrected chi connectivity index (χ1v) is 39.5. The van der Waals surface area contributed by atoms with E-state index < -0.39 is 60.2 Å². The fourth-order valence-corrected chi connectivity index (χ4v) is 16.8. The normalized spacial score (nSPS) is 21.0. The number of alkyl carbamates (subject to hydrolysis) is 2. The van der Waals surface area contributed by atoms with Gasteiger partial charge in [0, 0.05) is 111 Å². The van der Waals surface area contributed by atoms with E-state index in [0.717, 1.165) is 120 Å². The number of nitrogens with zero attached hydrogens (tertiary/aromatic N) is 2. The van der Waals surface area contributed by atoms with Gasteiger partial charge in [-0.05, 0) is 125 Å². The Morgan fingerprint density at radius 2 is 0.718 bits per heavy atom. The molecular weight excluding hydrogens is 1400 g/mol. The Hall–Kier alpha value is -7.01. The van der Waals surface area contributed by atoms with Gasteiger partial charge in [0.05, 0.1) is 49.3 Å². The standard InChI is InChI=1S/C42H70N8O9S2.C14H26N4O2S.C12H20N2O7/c1-42(2,3)59-41(58)45-23-20-36(55)50(24-28(51)14-6-4-12-21-43-34(53)18-10-8-16-32-37-30(26-60-32)46-39(56)48-37)25-29(52)15-7-5-13-22-44-35(54)19-11-9-17-33-38-31(27-61-33)47-40(57)49-38;15-7-3-4-8-16-12(19)6-2-1-5-11-13-10(9-21-11)17-14(20)18-13;1-12(2,3)21-11(20)13-5-4-8(15)14(6-9(16)17)7-10(18)19/h30-33,37-38H,4-27H2,1-3H3,(H,43,53)(H,44,54)(H,45,58)(H2,46,48,56)(H2,47,49,57);10-11,13H,1-9,15H2,(H,16,19)(H2,17,18,20);4-7H2,1-3H3,(H,13,20)(H,16,17)(H,18,19). The van der Waals surface area contributed by atoms with Gasteiger partial charge in [-0.1, -0.05) is 32.1 Å². The molecule has 0 bridgehead atoms. The Labute approximate surface area is 618 Å². The number of amides is 13. The van der Waals surface area contributed by atoms with Crippen LogP contribution in [0.5, 0.6) is 0 Å². The van der Waals surface area contributed by atoms with E-state index in [0.29, 0.717) is 78.4 Å². The highest BCUT2D eigenvalue weighted by atomic mass is 32.2. The van der Waals surface area contributed by atoms with E-state index in [4.69, 9.17) is 25.4 Å². The molecule has 0 radical (unpaired) electrons. The summed E-state index contributed by atoms with van der Waals surface area (Å²) in [4.78, 5) is 168. The Bertz CT molecular complexity index is 2700. The topological polar surface area (TPSA) is 463 Å². The molecule has 0 aromatic rings. The average molecular weight is 1510 g/mol. The Balaban J connectivity index is 0.000000432. The maximum atomic E-state index is 13.2. The Morgan fingerprint density at radius 3 is 1.03 bits per heavy atom. The monoisotopic (exact) mass is 1510 g/mol. The van der Waals surface area contributed by atoms with Crippen molar-refractivity contribution in [2.45, 2.75) is 259 Å². The van der Waals surface area contributed by atoms with Gasteiger partial charge in [-0.25, -0.2) is 24.0 Å². The molecule has 6 rings (SSSR count). The molecule has 0 aromatic heterocycles. The molecule has 6 aliphatic rings. The van der Waals surface area contributed by atoms with Crippen LogP contribution in [0, 0.1) is 0 Å². The van der Waals surface area contributed by atoms with E-state index >= 15 is 0 Å². The highest BCUT2D eigenvalue weighted by Gasteiger charge is 2.45. The van der Waals surface area contributed by atoms with Gasteiger partial charge in [-0.3, -0.25) is 43.2 Å². The zero-order valence-electron chi connectivity index (χ0n) is 61.0. The van der Waals surface area contributed by atoms with Gasteiger partial charge >= 0.3 is 42.2 Å². The minimum absolute atomic E-state index is 0.000266. The molecule has 6 fully saturated rings. The van der Waals surface area contributed by atoms with Crippen LogP contribution >= 0.6 is 35.3 Å². The quantitative estimate of drug-likeness (QED) is 0.0301. The number of fused-ring (bicyclic) bond motifs is 3. The van der Waals surface area contributed by atoms with Crippen LogP contribution in [0.4, 0.5) is 24.0 Å². The second-order valence-electron chi connectivity index (χ2n) is 28.5.